The van der Waals surface area contributed by atoms with Crippen LogP contribution in [0.5, 0.6) is 5.75 Å². The number of nitrogens with one attached hydrogen (secondary N) is 1. The van der Waals surface area contributed by atoms with E-state index in [2.05, 4.69) is 10.5 Å². The first-order valence-corrected chi connectivity index (χ1v) is 7.60. The highest BCUT2D eigenvalue weighted by Gasteiger charge is 2.10. The number of benzene rings is 2. The Balaban J connectivity index is 1.63. The third-order valence-corrected chi connectivity index (χ3v) is 3.64. The Kier molecular flexibility index (Phi) is 4.61. The van der Waals surface area contributed by atoms with E-state index in [1.165, 1.54) is 5.56 Å². The van der Waals surface area contributed by atoms with Crippen LogP contribution >= 0.6 is 0 Å². The standard InChI is InChI=1S/C19H18N2O3/c1-13-3-7-15(8-4-13)17-12-19(24-21-17)20-18(22)11-14-5-9-16(23-2)10-6-14/h3-10,12H,11H2,1-2H3,(H,20,22). The van der Waals surface area contributed by atoms with Gasteiger partial charge in [-0.2, -0.15) is 0 Å². The van der Waals surface area contributed by atoms with E-state index in [0.717, 1.165) is 16.9 Å². The number of nitrogens with zero attached hydrogens (tertiary/aromatic N) is 1. The number of aromatic nitrogens is 1. The van der Waals surface area contributed by atoms with Crippen LogP contribution in [0.2, 0.25) is 0 Å². The molecule has 0 atom stereocenters. The van der Waals surface area contributed by atoms with E-state index >= 15 is 0 Å². The molecular weight excluding hydrogens is 304 g/mol. The van der Waals surface area contributed by atoms with Crippen LogP contribution in [-0.2, 0) is 11.2 Å². The summed E-state index contributed by atoms with van der Waals surface area (Å²) in [6.45, 7) is 2.03. The average molecular weight is 322 g/mol. The summed E-state index contributed by atoms with van der Waals surface area (Å²) in [5.74, 6) is 0.938. The van der Waals surface area contributed by atoms with E-state index in [9.17, 15) is 4.79 Å². The molecule has 5 nitrogen and oxygen atoms in total. The second-order valence-electron chi connectivity index (χ2n) is 5.52. The SMILES string of the molecule is COc1ccc(CC(=O)Nc2cc(-c3ccc(C)cc3)no2)cc1. The maximum absolute atomic E-state index is 12.1. The van der Waals surface area contributed by atoms with Crippen molar-refractivity contribution in [3.63, 3.8) is 0 Å². The number of hydrogen-bond donors (Lipinski definition) is 1. The molecule has 3 rings (SSSR count). The van der Waals surface area contributed by atoms with Crippen LogP contribution in [0.25, 0.3) is 11.3 Å². The Morgan fingerprint density at radius 1 is 1.12 bits per heavy atom. The molecule has 0 bridgehead atoms. The zero-order valence-corrected chi connectivity index (χ0v) is 13.6. The minimum absolute atomic E-state index is 0.160. The topological polar surface area (TPSA) is 64.4 Å². The average Bonchev–Trinajstić information content (AvgIpc) is 3.04. The molecule has 2 aromatic carbocycles. The molecule has 0 aliphatic carbocycles. The summed E-state index contributed by atoms with van der Waals surface area (Å²) in [7, 11) is 1.61. The summed E-state index contributed by atoms with van der Waals surface area (Å²) in [6.07, 6.45) is 0.255. The van der Waals surface area contributed by atoms with Crippen LogP contribution in [0, 0.1) is 6.92 Å². The van der Waals surface area contributed by atoms with Gasteiger partial charge in [-0.1, -0.05) is 47.1 Å². The lowest BCUT2D eigenvalue weighted by molar-refractivity contribution is -0.115. The Hall–Kier alpha value is -3.08. The predicted molar refractivity (Wildman–Crippen MR) is 92.0 cm³/mol. The number of carbonyl (C=O) groups is 1. The molecule has 0 unspecified atom stereocenters. The fourth-order valence-electron chi connectivity index (χ4n) is 2.30. The van der Waals surface area contributed by atoms with Crippen LogP contribution in [0.1, 0.15) is 11.1 Å². The zero-order chi connectivity index (χ0) is 16.9. The Morgan fingerprint density at radius 2 is 1.83 bits per heavy atom. The second kappa shape index (κ2) is 7.00. The number of methoxy groups -OCH3 is 1. The molecule has 0 spiro atoms. The fourth-order valence-corrected chi connectivity index (χ4v) is 2.30. The third kappa shape index (κ3) is 3.81. The van der Waals surface area contributed by atoms with Gasteiger partial charge in [-0.05, 0) is 24.6 Å². The van der Waals surface area contributed by atoms with Gasteiger partial charge >= 0.3 is 0 Å². The van der Waals surface area contributed by atoms with Crippen LogP contribution < -0.4 is 10.1 Å². The normalized spacial score (nSPS) is 10.4. The van der Waals surface area contributed by atoms with Crippen molar-refractivity contribution in [3.8, 4) is 17.0 Å². The molecule has 3 aromatic rings. The number of aryl methyl sites for hydroxylation is 1. The molecule has 1 amide bonds. The molecule has 1 N–H and O–H groups in total. The first-order chi connectivity index (χ1) is 11.6. The molecule has 0 fully saturated rings. The number of amides is 1. The highest BCUT2D eigenvalue weighted by molar-refractivity contribution is 5.91. The van der Waals surface area contributed by atoms with Crippen molar-refractivity contribution in [2.45, 2.75) is 13.3 Å². The molecule has 1 aromatic heterocycles. The molecule has 0 saturated heterocycles. The summed E-state index contributed by atoms with van der Waals surface area (Å²) < 4.78 is 10.3. The van der Waals surface area contributed by atoms with E-state index in [4.69, 9.17) is 9.26 Å². The van der Waals surface area contributed by atoms with Gasteiger partial charge in [0.05, 0.1) is 13.5 Å². The van der Waals surface area contributed by atoms with Gasteiger partial charge in [-0.15, -0.1) is 0 Å². The molecule has 122 valence electrons. The van der Waals surface area contributed by atoms with Crippen molar-refractivity contribution < 1.29 is 14.1 Å². The predicted octanol–water partition coefficient (Wildman–Crippen LogP) is 3.84. The van der Waals surface area contributed by atoms with Crippen LogP contribution in [0.4, 0.5) is 5.88 Å². The maximum Gasteiger partial charge on any atom is 0.231 e. The minimum Gasteiger partial charge on any atom is -0.497 e. The zero-order valence-electron chi connectivity index (χ0n) is 13.6. The number of anilines is 1. The molecule has 0 aliphatic rings. The van der Waals surface area contributed by atoms with Gasteiger partial charge in [0.15, 0.2) is 0 Å². The highest BCUT2D eigenvalue weighted by Crippen LogP contribution is 2.22. The largest absolute Gasteiger partial charge is 0.497 e. The molecule has 24 heavy (non-hydrogen) atoms. The van der Waals surface area contributed by atoms with E-state index in [1.807, 2.05) is 55.5 Å². The summed E-state index contributed by atoms with van der Waals surface area (Å²) in [5.41, 5.74) is 3.71. The first kappa shape index (κ1) is 15.8. The smallest absolute Gasteiger partial charge is 0.231 e. The highest BCUT2D eigenvalue weighted by atomic mass is 16.5. The van der Waals surface area contributed by atoms with E-state index in [0.29, 0.717) is 11.6 Å². The summed E-state index contributed by atoms with van der Waals surface area (Å²) in [5, 5.41) is 6.71. The van der Waals surface area contributed by atoms with Gasteiger partial charge in [-0.3, -0.25) is 10.1 Å². The molecule has 1 heterocycles. The van der Waals surface area contributed by atoms with Crippen LogP contribution in [0.15, 0.2) is 59.1 Å². The van der Waals surface area contributed by atoms with Crippen LogP contribution in [0.3, 0.4) is 0 Å². The van der Waals surface area contributed by atoms with Gasteiger partial charge in [0.25, 0.3) is 0 Å². The third-order valence-electron chi connectivity index (χ3n) is 3.64. The van der Waals surface area contributed by atoms with E-state index in [1.54, 1.807) is 13.2 Å². The van der Waals surface area contributed by atoms with Gasteiger partial charge in [0, 0.05) is 11.6 Å². The van der Waals surface area contributed by atoms with Gasteiger partial charge in [-0.25, -0.2) is 0 Å². The number of hydrogen-bond acceptors (Lipinski definition) is 4. The minimum atomic E-state index is -0.160. The Morgan fingerprint density at radius 3 is 2.50 bits per heavy atom. The molecule has 0 saturated carbocycles. The lowest BCUT2D eigenvalue weighted by Crippen LogP contribution is -2.13. The second-order valence-corrected chi connectivity index (χ2v) is 5.52. The molecule has 5 heteroatoms. The Bertz CT molecular complexity index is 821. The van der Waals surface area contributed by atoms with Crippen molar-refractivity contribution in [3.05, 3.63) is 65.7 Å². The molecule has 0 radical (unpaired) electrons. The molecular formula is C19H18N2O3. The van der Waals surface area contributed by atoms with Crippen molar-refractivity contribution in [1.29, 1.82) is 0 Å². The first-order valence-electron chi connectivity index (χ1n) is 7.60. The van der Waals surface area contributed by atoms with E-state index in [-0.39, 0.29) is 12.3 Å². The summed E-state index contributed by atoms with van der Waals surface area (Å²) >= 11 is 0. The van der Waals surface area contributed by atoms with E-state index < -0.39 is 0 Å². The monoisotopic (exact) mass is 322 g/mol. The fraction of sp³-hybridized carbons (Fsp3) is 0.158. The van der Waals surface area contributed by atoms with Crippen LogP contribution in [-0.4, -0.2) is 18.2 Å². The summed E-state index contributed by atoms with van der Waals surface area (Å²) in [4.78, 5) is 12.1. The number of ether oxygens (including phenoxy) is 1. The number of carbonyl (C=O) groups excluding carboxylic acids is 1. The van der Waals surface area contributed by atoms with Gasteiger partial charge in [0.2, 0.25) is 11.8 Å². The van der Waals surface area contributed by atoms with Crippen molar-refractivity contribution in [2.24, 2.45) is 0 Å². The van der Waals surface area contributed by atoms with Gasteiger partial charge < -0.3 is 9.26 Å². The van der Waals surface area contributed by atoms with Crippen molar-refractivity contribution in [2.75, 3.05) is 12.4 Å². The number of rotatable bonds is 5. The molecule has 0 aliphatic heterocycles. The van der Waals surface area contributed by atoms with Crippen molar-refractivity contribution >= 4 is 11.8 Å². The quantitative estimate of drug-likeness (QED) is 0.775. The lowest BCUT2D eigenvalue weighted by Gasteiger charge is -2.03. The van der Waals surface area contributed by atoms with Gasteiger partial charge in [0.1, 0.15) is 11.4 Å². The summed E-state index contributed by atoms with van der Waals surface area (Å²) in [6, 6.07) is 17.0. The lowest BCUT2D eigenvalue weighted by atomic mass is 10.1. The Labute approximate surface area is 140 Å². The maximum atomic E-state index is 12.1. The van der Waals surface area contributed by atoms with Crippen molar-refractivity contribution in [1.82, 2.24) is 5.16 Å².